The molecule has 1 amide bonds. The summed E-state index contributed by atoms with van der Waals surface area (Å²) in [5.74, 6) is 0.727. The number of hydrogen-bond acceptors (Lipinski definition) is 9. The molecule has 1 saturated heterocycles. The Labute approximate surface area is 202 Å². The van der Waals surface area contributed by atoms with Gasteiger partial charge in [-0.25, -0.2) is 9.78 Å². The van der Waals surface area contributed by atoms with Crippen molar-refractivity contribution < 1.29 is 29.6 Å². The number of aliphatic hydroxyl groups excluding tert-OH is 3. The first-order valence-electron chi connectivity index (χ1n) is 11.7. The van der Waals surface area contributed by atoms with Crippen LogP contribution in [0.15, 0.2) is 54.6 Å². The summed E-state index contributed by atoms with van der Waals surface area (Å²) in [5.41, 5.74) is 1.61. The van der Waals surface area contributed by atoms with E-state index in [4.69, 9.17) is 9.47 Å². The maximum absolute atomic E-state index is 12.5. The van der Waals surface area contributed by atoms with E-state index in [0.29, 0.717) is 43.0 Å². The molecular weight excluding hydrogens is 452 g/mol. The summed E-state index contributed by atoms with van der Waals surface area (Å²) >= 11 is 0. The maximum Gasteiger partial charge on any atom is 0.410 e. The van der Waals surface area contributed by atoms with E-state index in [1.807, 2.05) is 59.5 Å². The minimum Gasteiger partial charge on any atom is -0.471 e. The molecule has 2 aliphatic rings. The van der Waals surface area contributed by atoms with Gasteiger partial charge in [-0.05, 0) is 17.7 Å². The standard InChI is InChI=1S/C25H28N4O6/c30-19-14-20(22(32)21(19)31)35-23-17-8-4-5-9-18(17)26-24(27-23)28-10-12-29(13-11-28)25(33)34-15-16-6-2-1-3-7-16/h1-9,19-22,30-32H,10-15H2. The van der Waals surface area contributed by atoms with E-state index in [0.717, 1.165) is 5.56 Å². The molecule has 1 saturated carbocycles. The molecule has 1 aromatic heterocycles. The quantitative estimate of drug-likeness (QED) is 0.495. The second-order valence-electron chi connectivity index (χ2n) is 8.80. The number of para-hydroxylation sites is 1. The number of fused-ring (bicyclic) bond motifs is 1. The van der Waals surface area contributed by atoms with Gasteiger partial charge in [-0.3, -0.25) is 0 Å². The fraction of sp³-hybridized carbons (Fsp3) is 0.400. The van der Waals surface area contributed by atoms with E-state index in [-0.39, 0.29) is 25.0 Å². The highest BCUT2D eigenvalue weighted by molar-refractivity contribution is 5.84. The number of carbonyl (C=O) groups excluding carboxylic acids is 1. The molecule has 2 heterocycles. The lowest BCUT2D eigenvalue weighted by atomic mass is 10.2. The zero-order valence-electron chi connectivity index (χ0n) is 19.1. The lowest BCUT2D eigenvalue weighted by Gasteiger charge is -2.34. The molecule has 0 spiro atoms. The molecular formula is C25H28N4O6. The summed E-state index contributed by atoms with van der Waals surface area (Å²) in [5, 5.41) is 30.7. The minimum absolute atomic E-state index is 0.0970. The lowest BCUT2D eigenvalue weighted by Crippen LogP contribution is -2.49. The van der Waals surface area contributed by atoms with E-state index >= 15 is 0 Å². The molecule has 3 aromatic rings. The number of carbonyl (C=O) groups is 1. The summed E-state index contributed by atoms with van der Waals surface area (Å²) in [7, 11) is 0. The van der Waals surface area contributed by atoms with Crippen molar-refractivity contribution in [1.29, 1.82) is 0 Å². The molecule has 1 aliphatic heterocycles. The Hall–Kier alpha value is -3.47. The molecule has 4 unspecified atom stereocenters. The molecule has 4 atom stereocenters. The number of rotatable bonds is 5. The highest BCUT2D eigenvalue weighted by Gasteiger charge is 2.42. The molecule has 2 fully saturated rings. The zero-order valence-corrected chi connectivity index (χ0v) is 19.1. The summed E-state index contributed by atoms with van der Waals surface area (Å²) in [6.45, 7) is 2.17. The summed E-state index contributed by atoms with van der Waals surface area (Å²) in [6, 6.07) is 16.9. The van der Waals surface area contributed by atoms with Crippen LogP contribution < -0.4 is 9.64 Å². The third-order valence-corrected chi connectivity index (χ3v) is 6.44. The van der Waals surface area contributed by atoms with Crippen molar-refractivity contribution in [3.05, 3.63) is 60.2 Å². The molecule has 10 nitrogen and oxygen atoms in total. The van der Waals surface area contributed by atoms with Crippen LogP contribution in [0.3, 0.4) is 0 Å². The van der Waals surface area contributed by atoms with Gasteiger partial charge in [0.1, 0.15) is 24.9 Å². The van der Waals surface area contributed by atoms with E-state index < -0.39 is 24.4 Å². The van der Waals surface area contributed by atoms with Gasteiger partial charge in [-0.15, -0.1) is 0 Å². The number of aromatic nitrogens is 2. The van der Waals surface area contributed by atoms with Gasteiger partial charge in [-0.1, -0.05) is 42.5 Å². The van der Waals surface area contributed by atoms with Crippen molar-refractivity contribution >= 4 is 22.9 Å². The Morgan fingerprint density at radius 1 is 0.914 bits per heavy atom. The second kappa shape index (κ2) is 10.0. The van der Waals surface area contributed by atoms with Crippen molar-refractivity contribution in [3.63, 3.8) is 0 Å². The van der Waals surface area contributed by atoms with Gasteiger partial charge in [0, 0.05) is 32.6 Å². The van der Waals surface area contributed by atoms with Gasteiger partial charge in [0.15, 0.2) is 0 Å². The highest BCUT2D eigenvalue weighted by Crippen LogP contribution is 2.31. The van der Waals surface area contributed by atoms with Crippen LogP contribution in [0.25, 0.3) is 10.9 Å². The van der Waals surface area contributed by atoms with E-state index in [1.165, 1.54) is 0 Å². The van der Waals surface area contributed by atoms with Gasteiger partial charge in [-0.2, -0.15) is 4.98 Å². The van der Waals surface area contributed by atoms with Crippen LogP contribution in [0.1, 0.15) is 12.0 Å². The van der Waals surface area contributed by atoms with E-state index in [1.54, 1.807) is 4.90 Å². The third kappa shape index (κ3) is 5.00. The van der Waals surface area contributed by atoms with Crippen LogP contribution in [-0.4, -0.2) is 86.9 Å². The first kappa shape index (κ1) is 23.3. The molecule has 5 rings (SSSR count). The number of hydrogen-bond donors (Lipinski definition) is 3. The fourth-order valence-corrected chi connectivity index (χ4v) is 4.39. The Morgan fingerprint density at radius 2 is 1.63 bits per heavy atom. The van der Waals surface area contributed by atoms with Crippen LogP contribution in [0.4, 0.5) is 10.7 Å². The average molecular weight is 481 g/mol. The SMILES string of the molecule is O=C(OCc1ccccc1)N1CCN(c2nc(OC3CC(O)C(O)C3O)c3ccccc3n2)CC1. The van der Waals surface area contributed by atoms with Crippen molar-refractivity contribution in [2.45, 2.75) is 37.4 Å². The van der Waals surface area contributed by atoms with Crippen molar-refractivity contribution in [2.24, 2.45) is 0 Å². The molecule has 184 valence electrons. The van der Waals surface area contributed by atoms with Crippen LogP contribution in [0.5, 0.6) is 5.88 Å². The predicted molar refractivity (Wildman–Crippen MR) is 127 cm³/mol. The normalized spacial score (nSPS) is 24.5. The maximum atomic E-state index is 12.5. The number of nitrogens with zero attached hydrogens (tertiary/aromatic N) is 4. The topological polar surface area (TPSA) is 128 Å². The fourth-order valence-electron chi connectivity index (χ4n) is 4.39. The predicted octanol–water partition coefficient (Wildman–Crippen LogP) is 1.32. The largest absolute Gasteiger partial charge is 0.471 e. The Kier molecular flexibility index (Phi) is 6.67. The lowest BCUT2D eigenvalue weighted by molar-refractivity contribution is -0.0370. The molecule has 10 heteroatoms. The van der Waals surface area contributed by atoms with Crippen LogP contribution >= 0.6 is 0 Å². The molecule has 0 radical (unpaired) electrons. The number of anilines is 1. The van der Waals surface area contributed by atoms with E-state index in [2.05, 4.69) is 9.97 Å². The van der Waals surface area contributed by atoms with Crippen LogP contribution in [-0.2, 0) is 11.3 Å². The Balaban J connectivity index is 1.27. The molecule has 3 N–H and O–H groups in total. The number of amides is 1. The van der Waals surface area contributed by atoms with Gasteiger partial charge in [0.05, 0.1) is 17.0 Å². The minimum atomic E-state index is -1.26. The zero-order chi connectivity index (χ0) is 24.4. The smallest absolute Gasteiger partial charge is 0.410 e. The van der Waals surface area contributed by atoms with Crippen LogP contribution in [0, 0.1) is 0 Å². The van der Waals surface area contributed by atoms with Crippen molar-refractivity contribution in [2.75, 3.05) is 31.1 Å². The summed E-state index contributed by atoms with van der Waals surface area (Å²) in [4.78, 5) is 25.4. The van der Waals surface area contributed by atoms with E-state index in [9.17, 15) is 20.1 Å². The number of benzene rings is 2. The Morgan fingerprint density at radius 3 is 2.34 bits per heavy atom. The molecule has 2 aromatic carbocycles. The average Bonchev–Trinajstić information content (AvgIpc) is 3.14. The first-order chi connectivity index (χ1) is 17.0. The molecule has 0 bridgehead atoms. The first-order valence-corrected chi connectivity index (χ1v) is 11.7. The monoisotopic (exact) mass is 480 g/mol. The number of aliphatic hydroxyl groups is 3. The second-order valence-corrected chi connectivity index (χ2v) is 8.80. The highest BCUT2D eigenvalue weighted by atomic mass is 16.6. The van der Waals surface area contributed by atoms with Gasteiger partial charge >= 0.3 is 6.09 Å². The van der Waals surface area contributed by atoms with Crippen molar-refractivity contribution in [3.8, 4) is 5.88 Å². The van der Waals surface area contributed by atoms with Gasteiger partial charge < -0.3 is 34.6 Å². The van der Waals surface area contributed by atoms with Crippen molar-refractivity contribution in [1.82, 2.24) is 14.9 Å². The summed E-state index contributed by atoms with van der Waals surface area (Å²) < 4.78 is 11.4. The third-order valence-electron chi connectivity index (χ3n) is 6.44. The number of piperazine rings is 1. The summed E-state index contributed by atoms with van der Waals surface area (Å²) in [6.07, 6.45) is -4.58. The molecule has 35 heavy (non-hydrogen) atoms. The Bertz CT molecular complexity index is 1170. The molecule has 1 aliphatic carbocycles. The van der Waals surface area contributed by atoms with Crippen LogP contribution in [0.2, 0.25) is 0 Å². The van der Waals surface area contributed by atoms with Gasteiger partial charge in [0.25, 0.3) is 0 Å². The van der Waals surface area contributed by atoms with Gasteiger partial charge in [0.2, 0.25) is 11.8 Å². The number of ether oxygens (including phenoxy) is 2.